The predicted molar refractivity (Wildman–Crippen MR) is 83.9 cm³/mol. The van der Waals surface area contributed by atoms with Gasteiger partial charge in [-0.1, -0.05) is 13.8 Å². The number of carboxylic acids is 1. The molecule has 0 aromatic carbocycles. The number of carboxylic acid groups (broad SMARTS) is 1. The topological polar surface area (TPSA) is 79.3 Å². The number of thiazole rings is 1. The summed E-state index contributed by atoms with van der Waals surface area (Å²) in [6, 6.07) is 0. The molecule has 22 heavy (non-hydrogen) atoms. The predicted octanol–water partition coefficient (Wildman–Crippen LogP) is 2.04. The first-order valence-electron chi connectivity index (χ1n) is 7.89. The molecular weight excluding hydrogens is 300 g/mol. The first-order valence-corrected chi connectivity index (χ1v) is 8.71. The van der Waals surface area contributed by atoms with Crippen LogP contribution < -0.4 is 5.32 Å². The van der Waals surface area contributed by atoms with Gasteiger partial charge < -0.3 is 10.4 Å². The molecule has 2 aliphatic carbocycles. The lowest BCUT2D eigenvalue weighted by Crippen LogP contribution is -2.29. The summed E-state index contributed by atoms with van der Waals surface area (Å²) in [6.45, 7) is 4.21. The van der Waals surface area contributed by atoms with Crippen molar-refractivity contribution in [3.63, 3.8) is 0 Å². The van der Waals surface area contributed by atoms with Crippen molar-refractivity contribution < 1.29 is 14.7 Å². The molecule has 1 aromatic heterocycles. The third kappa shape index (κ3) is 2.76. The molecular formula is C16H22N2O3S. The molecule has 2 aliphatic rings. The number of carbonyl (C=O) groups is 2. The summed E-state index contributed by atoms with van der Waals surface area (Å²) >= 11 is 1.76. The number of nitrogens with one attached hydrogen (secondary N) is 1. The molecule has 6 heteroatoms. The first kappa shape index (κ1) is 15.5. The van der Waals surface area contributed by atoms with E-state index >= 15 is 0 Å². The quantitative estimate of drug-likeness (QED) is 0.869. The Kier molecular flexibility index (Phi) is 3.97. The summed E-state index contributed by atoms with van der Waals surface area (Å²) in [7, 11) is 0. The molecule has 1 heterocycles. The van der Waals surface area contributed by atoms with Crippen LogP contribution in [0, 0.1) is 17.3 Å². The van der Waals surface area contributed by atoms with Crippen molar-refractivity contribution in [2.75, 3.05) is 6.54 Å². The van der Waals surface area contributed by atoms with Crippen molar-refractivity contribution >= 4 is 23.2 Å². The Bertz CT molecular complexity index is 585. The molecule has 5 nitrogen and oxygen atoms in total. The molecule has 2 N–H and O–H groups in total. The minimum atomic E-state index is -0.877. The molecule has 1 aromatic rings. The van der Waals surface area contributed by atoms with Crippen molar-refractivity contribution in [2.45, 2.75) is 46.0 Å². The zero-order valence-corrected chi connectivity index (χ0v) is 13.8. The zero-order valence-electron chi connectivity index (χ0n) is 13.0. The maximum Gasteiger partial charge on any atom is 0.307 e. The van der Waals surface area contributed by atoms with Crippen LogP contribution >= 0.6 is 11.3 Å². The summed E-state index contributed by atoms with van der Waals surface area (Å²) < 4.78 is 0. The summed E-state index contributed by atoms with van der Waals surface area (Å²) in [5.74, 6) is -1.98. The van der Waals surface area contributed by atoms with Crippen LogP contribution in [0.3, 0.4) is 0 Å². The Hall–Kier alpha value is -1.43. The summed E-state index contributed by atoms with van der Waals surface area (Å²) in [4.78, 5) is 29.3. The first-order chi connectivity index (χ1) is 10.4. The van der Waals surface area contributed by atoms with Gasteiger partial charge in [-0.2, -0.15) is 0 Å². The fraction of sp³-hybridized carbons (Fsp3) is 0.688. The molecule has 1 saturated carbocycles. The number of nitrogens with zero attached hydrogens (tertiary/aromatic N) is 1. The smallest absolute Gasteiger partial charge is 0.307 e. The lowest BCUT2D eigenvalue weighted by Gasteiger charge is -2.06. The van der Waals surface area contributed by atoms with Crippen molar-refractivity contribution in [2.24, 2.45) is 17.3 Å². The van der Waals surface area contributed by atoms with Crippen molar-refractivity contribution in [1.29, 1.82) is 0 Å². The second-order valence-corrected chi connectivity index (χ2v) is 8.01. The number of amides is 1. The SMILES string of the molecule is CC1(C)[C@H](C(=O)O)[C@@H]1C(=O)NCCc1nc2c(s1)CCCC2. The Balaban J connectivity index is 1.50. The van der Waals surface area contributed by atoms with Crippen LogP contribution in [0.2, 0.25) is 0 Å². The number of rotatable bonds is 5. The van der Waals surface area contributed by atoms with E-state index in [2.05, 4.69) is 10.3 Å². The van der Waals surface area contributed by atoms with Crippen LogP contribution in [0.5, 0.6) is 0 Å². The molecule has 0 bridgehead atoms. The van der Waals surface area contributed by atoms with Gasteiger partial charge >= 0.3 is 5.97 Å². The Labute approximate surface area is 134 Å². The van der Waals surface area contributed by atoms with Crippen LogP contribution in [0.15, 0.2) is 0 Å². The Morgan fingerprint density at radius 1 is 1.32 bits per heavy atom. The number of aliphatic carboxylic acids is 1. The molecule has 1 amide bonds. The van der Waals surface area contributed by atoms with Crippen LogP contribution in [0.1, 0.15) is 42.3 Å². The standard InChI is InChI=1S/C16H22N2O3S/c1-16(2)12(13(16)15(20)21)14(19)17-8-7-11-18-9-5-3-4-6-10(9)22-11/h12-13H,3-8H2,1-2H3,(H,17,19)(H,20,21)/t12-,13+/m1/s1. The van der Waals surface area contributed by atoms with Crippen LogP contribution in [0.4, 0.5) is 0 Å². The Morgan fingerprint density at radius 3 is 2.68 bits per heavy atom. The maximum atomic E-state index is 12.1. The zero-order chi connectivity index (χ0) is 15.9. The van der Waals surface area contributed by atoms with Gasteiger partial charge in [-0.15, -0.1) is 11.3 Å². The molecule has 2 atom stereocenters. The van der Waals surface area contributed by atoms with Crippen molar-refractivity contribution in [3.8, 4) is 0 Å². The summed E-state index contributed by atoms with van der Waals surface area (Å²) in [5.41, 5.74) is 0.808. The monoisotopic (exact) mass is 322 g/mol. The number of aromatic nitrogens is 1. The van der Waals surface area contributed by atoms with E-state index in [0.29, 0.717) is 6.54 Å². The number of carbonyl (C=O) groups excluding carboxylic acids is 1. The van der Waals surface area contributed by atoms with Gasteiger partial charge in [0.25, 0.3) is 0 Å². The van der Waals surface area contributed by atoms with E-state index < -0.39 is 23.2 Å². The molecule has 0 radical (unpaired) electrons. The Morgan fingerprint density at radius 2 is 2.05 bits per heavy atom. The van der Waals surface area contributed by atoms with Gasteiger partial charge in [0.15, 0.2) is 0 Å². The second kappa shape index (κ2) is 5.65. The highest BCUT2D eigenvalue weighted by atomic mass is 32.1. The highest BCUT2D eigenvalue weighted by Gasteiger charge is 2.65. The van der Waals surface area contributed by atoms with Gasteiger partial charge in [0.05, 0.1) is 22.5 Å². The highest BCUT2D eigenvalue weighted by molar-refractivity contribution is 7.11. The van der Waals surface area contributed by atoms with E-state index in [1.54, 1.807) is 11.3 Å². The van der Waals surface area contributed by atoms with Crippen LogP contribution in [-0.4, -0.2) is 28.5 Å². The molecule has 0 saturated heterocycles. The molecule has 0 spiro atoms. The van der Waals surface area contributed by atoms with E-state index in [1.807, 2.05) is 13.8 Å². The highest BCUT2D eigenvalue weighted by Crippen LogP contribution is 2.58. The molecule has 120 valence electrons. The maximum absolute atomic E-state index is 12.1. The molecule has 0 unspecified atom stereocenters. The van der Waals surface area contributed by atoms with Gasteiger partial charge in [-0.25, -0.2) is 4.98 Å². The average Bonchev–Trinajstić information content (AvgIpc) is 2.84. The van der Waals surface area contributed by atoms with E-state index in [-0.39, 0.29) is 5.91 Å². The lowest BCUT2D eigenvalue weighted by molar-refractivity contribution is -0.140. The number of hydrogen-bond donors (Lipinski definition) is 2. The minimum Gasteiger partial charge on any atom is -0.481 e. The third-order valence-corrected chi connectivity index (χ3v) is 6.12. The van der Waals surface area contributed by atoms with E-state index in [4.69, 9.17) is 5.11 Å². The number of hydrogen-bond acceptors (Lipinski definition) is 4. The largest absolute Gasteiger partial charge is 0.481 e. The lowest BCUT2D eigenvalue weighted by atomic mass is 10.0. The third-order valence-electron chi connectivity index (χ3n) is 4.90. The van der Waals surface area contributed by atoms with Crippen molar-refractivity contribution in [3.05, 3.63) is 15.6 Å². The average molecular weight is 322 g/mol. The molecule has 0 aliphatic heterocycles. The fourth-order valence-electron chi connectivity index (χ4n) is 3.50. The van der Waals surface area contributed by atoms with Crippen LogP contribution in [0.25, 0.3) is 0 Å². The van der Waals surface area contributed by atoms with Crippen LogP contribution in [-0.2, 0) is 28.9 Å². The number of aryl methyl sites for hydroxylation is 2. The van der Waals surface area contributed by atoms with E-state index in [1.165, 1.54) is 23.4 Å². The van der Waals surface area contributed by atoms with Gasteiger partial charge in [0, 0.05) is 17.8 Å². The van der Waals surface area contributed by atoms with Gasteiger partial charge in [0.1, 0.15) is 0 Å². The second-order valence-electron chi connectivity index (χ2n) is 6.84. The van der Waals surface area contributed by atoms with Crippen molar-refractivity contribution in [1.82, 2.24) is 10.3 Å². The van der Waals surface area contributed by atoms with Gasteiger partial charge in [0.2, 0.25) is 5.91 Å². The number of fused-ring (bicyclic) bond motifs is 1. The van der Waals surface area contributed by atoms with Gasteiger partial charge in [-0.05, 0) is 31.1 Å². The normalized spacial score (nSPS) is 25.4. The molecule has 3 rings (SSSR count). The summed E-state index contributed by atoms with van der Waals surface area (Å²) in [5, 5.41) is 13.1. The van der Waals surface area contributed by atoms with E-state index in [0.717, 1.165) is 24.3 Å². The van der Waals surface area contributed by atoms with E-state index in [9.17, 15) is 9.59 Å². The summed E-state index contributed by atoms with van der Waals surface area (Å²) in [6.07, 6.45) is 5.41. The van der Waals surface area contributed by atoms with Gasteiger partial charge in [-0.3, -0.25) is 9.59 Å². The minimum absolute atomic E-state index is 0.140. The molecule has 1 fully saturated rings. The fourth-order valence-corrected chi connectivity index (χ4v) is 4.66.